The van der Waals surface area contributed by atoms with Crippen LogP contribution in [0.2, 0.25) is 0 Å². The van der Waals surface area contributed by atoms with Gasteiger partial charge in [-0.2, -0.15) is 18.3 Å². The second-order valence-electron chi connectivity index (χ2n) is 7.14. The Balaban J connectivity index is 1.80. The molecule has 0 saturated heterocycles. The Kier molecular flexibility index (Phi) is 6.24. The summed E-state index contributed by atoms with van der Waals surface area (Å²) in [6, 6.07) is 9.74. The number of hydrogen-bond donors (Lipinski definition) is 2. The zero-order valence-corrected chi connectivity index (χ0v) is 17.4. The summed E-state index contributed by atoms with van der Waals surface area (Å²) in [5.41, 5.74) is 0.520. The molecule has 0 spiro atoms. The number of rotatable bonds is 6. The third-order valence-electron chi connectivity index (χ3n) is 4.80. The second kappa shape index (κ2) is 8.74. The predicted octanol–water partition coefficient (Wildman–Crippen LogP) is 4.73. The van der Waals surface area contributed by atoms with E-state index in [0.717, 1.165) is 12.1 Å². The summed E-state index contributed by atoms with van der Waals surface area (Å²) in [4.78, 5) is 23.9. The number of ether oxygens (including phenoxy) is 1. The average molecular weight is 447 g/mol. The molecule has 7 nitrogen and oxygen atoms in total. The van der Waals surface area contributed by atoms with Crippen molar-refractivity contribution in [1.82, 2.24) is 15.1 Å². The van der Waals surface area contributed by atoms with Gasteiger partial charge < -0.3 is 15.2 Å². The van der Waals surface area contributed by atoms with E-state index < -0.39 is 29.7 Å². The molecule has 0 radical (unpaired) electrons. The zero-order chi connectivity index (χ0) is 23.6. The minimum Gasteiger partial charge on any atom is -0.478 e. The molecule has 1 heterocycles. The van der Waals surface area contributed by atoms with Crippen LogP contribution in [0.3, 0.4) is 0 Å². The number of carbonyl (C=O) groups is 2. The Hall–Kier alpha value is -3.82. The molecule has 0 fully saturated rings. The van der Waals surface area contributed by atoms with E-state index in [1.807, 2.05) is 0 Å². The van der Waals surface area contributed by atoms with Crippen LogP contribution in [-0.2, 0) is 13.2 Å². The fourth-order valence-corrected chi connectivity index (χ4v) is 3.11. The molecule has 0 aliphatic carbocycles. The molecule has 0 saturated carbocycles. The lowest BCUT2D eigenvalue weighted by molar-refractivity contribution is -0.137. The van der Waals surface area contributed by atoms with Gasteiger partial charge in [-0.05, 0) is 55.8 Å². The molecule has 1 amide bonds. The maximum atomic E-state index is 12.9. The van der Waals surface area contributed by atoms with Crippen molar-refractivity contribution in [3.63, 3.8) is 0 Å². The molecule has 0 bridgehead atoms. The normalized spacial score (nSPS) is 12.3. The first-order chi connectivity index (χ1) is 15.0. The lowest BCUT2D eigenvalue weighted by Crippen LogP contribution is -2.27. The van der Waals surface area contributed by atoms with E-state index >= 15 is 0 Å². The van der Waals surface area contributed by atoms with Gasteiger partial charge in [0.1, 0.15) is 11.3 Å². The highest BCUT2D eigenvalue weighted by atomic mass is 19.4. The van der Waals surface area contributed by atoms with Crippen LogP contribution in [0.25, 0.3) is 0 Å². The number of benzene rings is 2. The fraction of sp³-hybridized carbons (Fsp3) is 0.227. The van der Waals surface area contributed by atoms with Crippen LogP contribution < -0.4 is 10.1 Å². The highest BCUT2D eigenvalue weighted by Gasteiger charge is 2.30. The number of hydrogen-bond acceptors (Lipinski definition) is 4. The number of nitrogens with zero attached hydrogens (tertiary/aromatic N) is 2. The monoisotopic (exact) mass is 447 g/mol. The Morgan fingerprint density at radius 3 is 2.22 bits per heavy atom. The maximum absolute atomic E-state index is 12.9. The first-order valence-electron chi connectivity index (χ1n) is 9.50. The Bertz CT molecular complexity index is 1140. The summed E-state index contributed by atoms with van der Waals surface area (Å²) in [5.74, 6) is -1.35. The van der Waals surface area contributed by atoms with Gasteiger partial charge in [0, 0.05) is 7.05 Å². The molecular formula is C22H20F3N3O4. The maximum Gasteiger partial charge on any atom is 0.416 e. The summed E-state index contributed by atoms with van der Waals surface area (Å²) in [6.07, 6.45) is -4.47. The summed E-state index contributed by atoms with van der Waals surface area (Å²) < 4.78 is 45.3. The lowest BCUT2D eigenvalue weighted by Gasteiger charge is -2.15. The molecule has 10 heteroatoms. The Morgan fingerprint density at radius 1 is 1.09 bits per heavy atom. The van der Waals surface area contributed by atoms with Crippen LogP contribution in [0.5, 0.6) is 11.6 Å². The summed E-state index contributed by atoms with van der Waals surface area (Å²) in [6.45, 7) is 3.34. The van der Waals surface area contributed by atoms with Gasteiger partial charge in [0.05, 0.1) is 22.9 Å². The highest BCUT2D eigenvalue weighted by Crippen LogP contribution is 2.32. The van der Waals surface area contributed by atoms with Crippen LogP contribution in [0.4, 0.5) is 13.2 Å². The number of carboxylic acid groups (broad SMARTS) is 1. The number of carboxylic acids is 1. The van der Waals surface area contributed by atoms with E-state index in [9.17, 15) is 22.8 Å². The van der Waals surface area contributed by atoms with Gasteiger partial charge in [-0.25, -0.2) is 9.48 Å². The predicted molar refractivity (Wildman–Crippen MR) is 109 cm³/mol. The third-order valence-corrected chi connectivity index (χ3v) is 4.80. The number of nitrogens with one attached hydrogen (secondary N) is 1. The number of amides is 1. The fourth-order valence-electron chi connectivity index (χ4n) is 3.11. The van der Waals surface area contributed by atoms with Crippen LogP contribution >= 0.6 is 0 Å². The first-order valence-corrected chi connectivity index (χ1v) is 9.50. The van der Waals surface area contributed by atoms with Crippen LogP contribution in [0, 0.1) is 6.92 Å². The van der Waals surface area contributed by atoms with E-state index in [-0.39, 0.29) is 22.8 Å². The van der Waals surface area contributed by atoms with Gasteiger partial charge in [0.25, 0.3) is 5.91 Å². The van der Waals surface area contributed by atoms with Gasteiger partial charge in [0.2, 0.25) is 5.88 Å². The van der Waals surface area contributed by atoms with Crippen molar-refractivity contribution in [2.24, 2.45) is 7.05 Å². The molecule has 3 rings (SSSR count). The van der Waals surface area contributed by atoms with Crippen LogP contribution in [0.15, 0.2) is 48.5 Å². The molecule has 2 N–H and O–H groups in total. The van der Waals surface area contributed by atoms with E-state index in [4.69, 9.17) is 9.84 Å². The first kappa shape index (κ1) is 22.9. The van der Waals surface area contributed by atoms with Gasteiger partial charge in [-0.1, -0.05) is 12.1 Å². The molecule has 1 atom stereocenters. The number of aromatic carboxylic acids is 1. The van der Waals surface area contributed by atoms with E-state index in [2.05, 4.69) is 10.4 Å². The number of halogens is 3. The Labute approximate surface area is 181 Å². The summed E-state index contributed by atoms with van der Waals surface area (Å²) in [7, 11) is 1.55. The smallest absolute Gasteiger partial charge is 0.416 e. The number of aryl methyl sites for hydroxylation is 2. The molecule has 2 aromatic carbocycles. The number of alkyl halides is 3. The minimum absolute atomic E-state index is 0.0770. The van der Waals surface area contributed by atoms with Crippen molar-refractivity contribution in [1.29, 1.82) is 0 Å². The molecule has 0 aliphatic heterocycles. The molecule has 0 aliphatic rings. The van der Waals surface area contributed by atoms with Crippen molar-refractivity contribution in [2.75, 3.05) is 0 Å². The van der Waals surface area contributed by atoms with Crippen molar-refractivity contribution in [2.45, 2.75) is 26.1 Å². The summed E-state index contributed by atoms with van der Waals surface area (Å²) in [5, 5.41) is 16.0. The number of carbonyl (C=O) groups excluding carboxylic acids is 1. The standard InChI is InChI=1S/C22H20F3N3O4/c1-12(14-4-6-15(7-5-14)21(30)31)26-19(29)18-13(2)27-28(3)20(18)32-17-10-8-16(9-11-17)22(23,24)25/h4-12H,1-3H3,(H,26,29)(H,30,31)/t12-/m0/s1. The van der Waals surface area contributed by atoms with Crippen molar-refractivity contribution >= 4 is 11.9 Å². The van der Waals surface area contributed by atoms with Gasteiger partial charge in [-0.3, -0.25) is 4.79 Å². The van der Waals surface area contributed by atoms with Gasteiger partial charge in [-0.15, -0.1) is 0 Å². The van der Waals surface area contributed by atoms with Gasteiger partial charge in [0.15, 0.2) is 0 Å². The summed E-state index contributed by atoms with van der Waals surface area (Å²) >= 11 is 0. The number of aromatic nitrogens is 2. The molecule has 1 aromatic heterocycles. The Morgan fingerprint density at radius 2 is 1.69 bits per heavy atom. The zero-order valence-electron chi connectivity index (χ0n) is 17.4. The quantitative estimate of drug-likeness (QED) is 0.570. The van der Waals surface area contributed by atoms with Crippen LogP contribution in [0.1, 0.15) is 50.5 Å². The topological polar surface area (TPSA) is 93.5 Å². The van der Waals surface area contributed by atoms with Crippen molar-refractivity contribution in [3.8, 4) is 11.6 Å². The van der Waals surface area contributed by atoms with Gasteiger partial charge >= 0.3 is 12.1 Å². The van der Waals surface area contributed by atoms with Crippen LogP contribution in [-0.4, -0.2) is 26.8 Å². The SMILES string of the molecule is Cc1nn(C)c(Oc2ccc(C(F)(F)F)cc2)c1C(=O)N[C@@H](C)c1ccc(C(=O)O)cc1. The average Bonchev–Trinajstić information content (AvgIpc) is 3.00. The molecule has 168 valence electrons. The third kappa shape index (κ3) is 4.90. The highest BCUT2D eigenvalue weighted by molar-refractivity contribution is 5.98. The minimum atomic E-state index is -4.47. The molecular weight excluding hydrogens is 427 g/mol. The largest absolute Gasteiger partial charge is 0.478 e. The molecule has 32 heavy (non-hydrogen) atoms. The van der Waals surface area contributed by atoms with Crippen molar-refractivity contribution < 1.29 is 32.6 Å². The lowest BCUT2D eigenvalue weighted by atomic mass is 10.1. The van der Waals surface area contributed by atoms with Crippen molar-refractivity contribution in [3.05, 3.63) is 76.5 Å². The second-order valence-corrected chi connectivity index (χ2v) is 7.14. The van der Waals surface area contributed by atoms with E-state index in [1.165, 1.54) is 28.9 Å². The molecule has 0 unspecified atom stereocenters. The van der Waals surface area contributed by atoms with E-state index in [0.29, 0.717) is 11.3 Å². The molecule has 3 aromatic rings. The van der Waals surface area contributed by atoms with E-state index in [1.54, 1.807) is 33.0 Å².